The first-order valence-corrected chi connectivity index (χ1v) is 4.55. The van der Waals surface area contributed by atoms with Crippen LogP contribution >= 0.6 is 0 Å². The number of hydrogen-bond donors (Lipinski definition) is 1. The maximum absolute atomic E-state index is 5.83. The summed E-state index contributed by atoms with van der Waals surface area (Å²) in [5.74, 6) is 0. The maximum atomic E-state index is 5.83. The van der Waals surface area contributed by atoms with Gasteiger partial charge >= 0.3 is 0 Å². The zero-order valence-electron chi connectivity index (χ0n) is 8.07. The molecule has 1 aromatic carbocycles. The number of nitrogens with zero attached hydrogens (tertiary/aromatic N) is 1. The SMILES string of the molecule is Cc1c(N)cccc1-c1ccccn1. The second kappa shape index (κ2) is 3.50. The van der Waals surface area contributed by atoms with Gasteiger partial charge in [-0.3, -0.25) is 4.98 Å². The Kier molecular flexibility index (Phi) is 2.19. The van der Waals surface area contributed by atoms with Crippen molar-refractivity contribution in [1.29, 1.82) is 0 Å². The second-order valence-electron chi connectivity index (χ2n) is 3.23. The Balaban J connectivity index is 2.58. The van der Waals surface area contributed by atoms with Crippen molar-refractivity contribution in [2.75, 3.05) is 5.73 Å². The van der Waals surface area contributed by atoms with E-state index in [4.69, 9.17) is 5.73 Å². The van der Waals surface area contributed by atoms with Crippen LogP contribution in [0.3, 0.4) is 0 Å². The summed E-state index contributed by atoms with van der Waals surface area (Å²) in [6.07, 6.45) is 1.79. The molecule has 0 amide bonds. The quantitative estimate of drug-likeness (QED) is 0.692. The second-order valence-corrected chi connectivity index (χ2v) is 3.23. The van der Waals surface area contributed by atoms with Gasteiger partial charge in [0.2, 0.25) is 0 Å². The molecule has 0 spiro atoms. The topological polar surface area (TPSA) is 38.9 Å². The van der Waals surface area contributed by atoms with E-state index in [1.54, 1.807) is 6.20 Å². The highest BCUT2D eigenvalue weighted by atomic mass is 14.7. The van der Waals surface area contributed by atoms with Crippen molar-refractivity contribution in [2.24, 2.45) is 0 Å². The van der Waals surface area contributed by atoms with Crippen molar-refractivity contribution in [3.05, 3.63) is 48.2 Å². The van der Waals surface area contributed by atoms with Crippen LogP contribution in [0, 0.1) is 6.92 Å². The third-order valence-corrected chi connectivity index (χ3v) is 2.32. The Morgan fingerprint density at radius 3 is 2.64 bits per heavy atom. The van der Waals surface area contributed by atoms with Gasteiger partial charge in [-0.1, -0.05) is 18.2 Å². The van der Waals surface area contributed by atoms with Crippen LogP contribution in [-0.2, 0) is 0 Å². The average molecular weight is 184 g/mol. The molecule has 1 heterocycles. The van der Waals surface area contributed by atoms with E-state index in [2.05, 4.69) is 4.98 Å². The van der Waals surface area contributed by atoms with Crippen LogP contribution in [0.4, 0.5) is 5.69 Å². The number of aromatic nitrogens is 1. The van der Waals surface area contributed by atoms with Crippen LogP contribution in [0.15, 0.2) is 42.6 Å². The number of nitrogen functional groups attached to an aromatic ring is 1. The standard InChI is InChI=1S/C12H12N2/c1-9-10(5-4-6-11(9)13)12-7-2-3-8-14-12/h2-8H,13H2,1H3. The molecule has 0 saturated heterocycles. The smallest absolute Gasteiger partial charge is 0.0705 e. The molecule has 2 rings (SSSR count). The molecule has 2 heteroatoms. The van der Waals surface area contributed by atoms with Gasteiger partial charge in [0.15, 0.2) is 0 Å². The number of hydrogen-bond acceptors (Lipinski definition) is 2. The van der Waals surface area contributed by atoms with E-state index >= 15 is 0 Å². The van der Waals surface area contributed by atoms with Crippen molar-refractivity contribution >= 4 is 5.69 Å². The summed E-state index contributed by atoms with van der Waals surface area (Å²) in [6, 6.07) is 11.8. The van der Waals surface area contributed by atoms with E-state index in [1.807, 2.05) is 43.3 Å². The highest BCUT2D eigenvalue weighted by molar-refractivity contribution is 5.69. The lowest BCUT2D eigenvalue weighted by Crippen LogP contribution is -1.92. The zero-order valence-corrected chi connectivity index (χ0v) is 8.07. The Morgan fingerprint density at radius 1 is 1.07 bits per heavy atom. The van der Waals surface area contributed by atoms with Gasteiger partial charge in [0, 0.05) is 17.4 Å². The molecule has 0 radical (unpaired) electrons. The molecule has 2 nitrogen and oxygen atoms in total. The lowest BCUT2D eigenvalue weighted by molar-refractivity contribution is 1.31. The lowest BCUT2D eigenvalue weighted by Gasteiger charge is -2.06. The molecule has 0 aliphatic heterocycles. The van der Waals surface area contributed by atoms with Crippen molar-refractivity contribution in [3.8, 4) is 11.3 Å². The number of nitrogens with two attached hydrogens (primary N) is 1. The van der Waals surface area contributed by atoms with Gasteiger partial charge in [-0.15, -0.1) is 0 Å². The molecule has 0 saturated carbocycles. The molecule has 0 aliphatic rings. The number of anilines is 1. The summed E-state index contributed by atoms with van der Waals surface area (Å²) in [6.45, 7) is 2.01. The molecule has 0 atom stereocenters. The predicted octanol–water partition coefficient (Wildman–Crippen LogP) is 2.64. The summed E-state index contributed by atoms with van der Waals surface area (Å²) >= 11 is 0. The van der Waals surface area contributed by atoms with Crippen LogP contribution in [0.1, 0.15) is 5.56 Å². The summed E-state index contributed by atoms with van der Waals surface area (Å²) in [5.41, 5.74) is 9.80. The molecule has 0 aliphatic carbocycles. The Morgan fingerprint density at radius 2 is 1.93 bits per heavy atom. The minimum atomic E-state index is 0.813. The number of rotatable bonds is 1. The van der Waals surface area contributed by atoms with Crippen LogP contribution in [0.25, 0.3) is 11.3 Å². The van der Waals surface area contributed by atoms with Gasteiger partial charge in [-0.25, -0.2) is 0 Å². The Labute approximate surface area is 83.4 Å². The van der Waals surface area contributed by atoms with E-state index in [0.717, 1.165) is 22.5 Å². The molecule has 14 heavy (non-hydrogen) atoms. The molecule has 1 aromatic heterocycles. The molecular weight excluding hydrogens is 172 g/mol. The minimum absolute atomic E-state index is 0.813. The third-order valence-electron chi connectivity index (χ3n) is 2.32. The van der Waals surface area contributed by atoms with Crippen LogP contribution in [-0.4, -0.2) is 4.98 Å². The monoisotopic (exact) mass is 184 g/mol. The fraction of sp³-hybridized carbons (Fsp3) is 0.0833. The molecular formula is C12H12N2. The molecule has 0 unspecified atom stereocenters. The normalized spacial score (nSPS) is 10.1. The van der Waals surface area contributed by atoms with E-state index in [0.29, 0.717) is 0 Å². The van der Waals surface area contributed by atoms with Crippen molar-refractivity contribution in [1.82, 2.24) is 4.98 Å². The molecule has 2 aromatic rings. The van der Waals surface area contributed by atoms with Gasteiger partial charge in [0.1, 0.15) is 0 Å². The molecule has 70 valence electrons. The Hall–Kier alpha value is -1.83. The van der Waals surface area contributed by atoms with Crippen molar-refractivity contribution in [3.63, 3.8) is 0 Å². The Bertz CT molecular complexity index is 435. The van der Waals surface area contributed by atoms with Gasteiger partial charge in [-0.05, 0) is 30.7 Å². The summed E-state index contributed by atoms with van der Waals surface area (Å²) in [4.78, 5) is 4.30. The van der Waals surface area contributed by atoms with E-state index in [1.165, 1.54) is 0 Å². The van der Waals surface area contributed by atoms with E-state index in [9.17, 15) is 0 Å². The van der Waals surface area contributed by atoms with E-state index in [-0.39, 0.29) is 0 Å². The van der Waals surface area contributed by atoms with E-state index < -0.39 is 0 Å². The first kappa shape index (κ1) is 8.75. The van der Waals surface area contributed by atoms with Crippen molar-refractivity contribution < 1.29 is 0 Å². The number of pyridine rings is 1. The summed E-state index contributed by atoms with van der Waals surface area (Å²) in [5, 5.41) is 0. The fourth-order valence-corrected chi connectivity index (χ4v) is 1.45. The lowest BCUT2D eigenvalue weighted by atomic mass is 10.0. The largest absolute Gasteiger partial charge is 0.398 e. The fourth-order valence-electron chi connectivity index (χ4n) is 1.45. The zero-order chi connectivity index (χ0) is 9.97. The van der Waals surface area contributed by atoms with Crippen LogP contribution in [0.2, 0.25) is 0 Å². The van der Waals surface area contributed by atoms with Gasteiger partial charge in [0.05, 0.1) is 5.69 Å². The molecule has 2 N–H and O–H groups in total. The average Bonchev–Trinajstić information content (AvgIpc) is 2.23. The van der Waals surface area contributed by atoms with Crippen LogP contribution < -0.4 is 5.73 Å². The maximum Gasteiger partial charge on any atom is 0.0705 e. The molecule has 0 bridgehead atoms. The first-order chi connectivity index (χ1) is 6.79. The van der Waals surface area contributed by atoms with Gasteiger partial charge < -0.3 is 5.73 Å². The highest BCUT2D eigenvalue weighted by Crippen LogP contribution is 2.24. The molecule has 0 fully saturated rings. The summed E-state index contributed by atoms with van der Waals surface area (Å²) < 4.78 is 0. The minimum Gasteiger partial charge on any atom is -0.398 e. The first-order valence-electron chi connectivity index (χ1n) is 4.55. The summed E-state index contributed by atoms with van der Waals surface area (Å²) in [7, 11) is 0. The van der Waals surface area contributed by atoms with Crippen LogP contribution in [0.5, 0.6) is 0 Å². The number of benzene rings is 1. The highest BCUT2D eigenvalue weighted by Gasteiger charge is 2.03. The van der Waals surface area contributed by atoms with Gasteiger partial charge in [-0.2, -0.15) is 0 Å². The van der Waals surface area contributed by atoms with Gasteiger partial charge in [0.25, 0.3) is 0 Å². The third kappa shape index (κ3) is 1.46. The van der Waals surface area contributed by atoms with Crippen molar-refractivity contribution in [2.45, 2.75) is 6.92 Å². The predicted molar refractivity (Wildman–Crippen MR) is 58.8 cm³/mol.